The van der Waals surface area contributed by atoms with E-state index < -0.39 is 0 Å². The number of aryl methyl sites for hydroxylation is 1. The number of nitrogens with zero attached hydrogens (tertiary/aromatic N) is 3. The minimum absolute atomic E-state index is 0.519. The topological polar surface area (TPSA) is 56.2 Å². The minimum Gasteiger partial charge on any atom is -0.387 e. The number of hydrogen-bond acceptors (Lipinski definition) is 2. The van der Waals surface area contributed by atoms with Crippen molar-refractivity contribution in [3.63, 3.8) is 0 Å². The summed E-state index contributed by atoms with van der Waals surface area (Å²) in [4.78, 5) is 4.47. The summed E-state index contributed by atoms with van der Waals surface area (Å²) in [5.41, 5.74) is 7.15. The lowest BCUT2D eigenvalue weighted by Crippen LogP contribution is -2.25. The number of aromatic nitrogens is 2. The highest BCUT2D eigenvalue weighted by molar-refractivity contribution is 5.82. The summed E-state index contributed by atoms with van der Waals surface area (Å²) >= 11 is 0. The van der Waals surface area contributed by atoms with Crippen LogP contribution in [0.4, 0.5) is 0 Å². The second-order valence-electron chi connectivity index (χ2n) is 4.60. The van der Waals surface area contributed by atoms with Crippen LogP contribution < -0.4 is 5.73 Å². The maximum Gasteiger partial charge on any atom is 0.0972 e. The molecule has 0 aliphatic heterocycles. The van der Waals surface area contributed by atoms with Gasteiger partial charge in [0.05, 0.1) is 18.6 Å². The van der Waals surface area contributed by atoms with Crippen molar-refractivity contribution in [3.05, 3.63) is 18.0 Å². The standard InChI is InChI=1S/C12H20N4/c1-16-9-10(8-15-16)7-14-12(13)11-5-3-2-4-6-11/h8-9,11H,2-7H2,1H3,(H2,13,14). The van der Waals surface area contributed by atoms with Crippen LogP contribution in [0.5, 0.6) is 0 Å². The summed E-state index contributed by atoms with van der Waals surface area (Å²) in [7, 11) is 1.91. The molecule has 2 rings (SSSR count). The van der Waals surface area contributed by atoms with E-state index in [0.29, 0.717) is 12.5 Å². The number of nitrogens with two attached hydrogens (primary N) is 1. The monoisotopic (exact) mass is 220 g/mol. The van der Waals surface area contributed by atoms with Crippen LogP contribution in [0, 0.1) is 5.92 Å². The summed E-state index contributed by atoms with van der Waals surface area (Å²) < 4.78 is 1.79. The van der Waals surface area contributed by atoms with Crippen LogP contribution in [0.2, 0.25) is 0 Å². The van der Waals surface area contributed by atoms with E-state index in [1.807, 2.05) is 19.4 Å². The summed E-state index contributed by atoms with van der Waals surface area (Å²) in [6.45, 7) is 0.663. The molecule has 0 saturated heterocycles. The normalized spacial score (nSPS) is 18.9. The van der Waals surface area contributed by atoms with Crippen molar-refractivity contribution in [1.29, 1.82) is 0 Å². The van der Waals surface area contributed by atoms with E-state index in [9.17, 15) is 0 Å². The fourth-order valence-corrected chi connectivity index (χ4v) is 2.26. The Morgan fingerprint density at radius 2 is 2.25 bits per heavy atom. The Bertz CT molecular complexity index is 361. The summed E-state index contributed by atoms with van der Waals surface area (Å²) in [5.74, 6) is 1.36. The van der Waals surface area contributed by atoms with Crippen LogP contribution >= 0.6 is 0 Å². The lowest BCUT2D eigenvalue weighted by molar-refractivity contribution is 0.436. The van der Waals surface area contributed by atoms with Gasteiger partial charge in [0.1, 0.15) is 0 Å². The van der Waals surface area contributed by atoms with Crippen molar-refractivity contribution in [1.82, 2.24) is 9.78 Å². The molecule has 4 nitrogen and oxygen atoms in total. The Morgan fingerprint density at radius 3 is 2.88 bits per heavy atom. The highest BCUT2D eigenvalue weighted by Crippen LogP contribution is 2.23. The van der Waals surface area contributed by atoms with Gasteiger partial charge in [0.15, 0.2) is 0 Å². The van der Waals surface area contributed by atoms with Gasteiger partial charge in [-0.15, -0.1) is 0 Å². The Balaban J connectivity index is 1.90. The van der Waals surface area contributed by atoms with Crippen LogP contribution in [0.25, 0.3) is 0 Å². The van der Waals surface area contributed by atoms with Crippen LogP contribution in [-0.4, -0.2) is 15.6 Å². The van der Waals surface area contributed by atoms with Gasteiger partial charge < -0.3 is 5.73 Å². The molecule has 0 spiro atoms. The van der Waals surface area contributed by atoms with Crippen molar-refractivity contribution in [2.24, 2.45) is 23.7 Å². The molecule has 0 amide bonds. The molecule has 1 saturated carbocycles. The molecule has 88 valence electrons. The minimum atomic E-state index is 0.519. The van der Waals surface area contributed by atoms with E-state index in [1.54, 1.807) is 4.68 Å². The number of hydrogen-bond donors (Lipinski definition) is 1. The zero-order chi connectivity index (χ0) is 11.4. The summed E-state index contributed by atoms with van der Waals surface area (Å²) in [5, 5.41) is 4.11. The van der Waals surface area contributed by atoms with E-state index in [4.69, 9.17) is 5.73 Å². The van der Waals surface area contributed by atoms with Gasteiger partial charge in [-0.2, -0.15) is 5.10 Å². The zero-order valence-corrected chi connectivity index (χ0v) is 9.89. The van der Waals surface area contributed by atoms with Crippen LogP contribution in [0.3, 0.4) is 0 Å². The maximum atomic E-state index is 6.03. The molecule has 0 bridgehead atoms. The average molecular weight is 220 g/mol. The molecule has 1 aromatic heterocycles. The van der Waals surface area contributed by atoms with Crippen molar-refractivity contribution in [3.8, 4) is 0 Å². The highest BCUT2D eigenvalue weighted by Gasteiger charge is 2.16. The van der Waals surface area contributed by atoms with E-state index >= 15 is 0 Å². The Labute approximate surface area is 96.6 Å². The average Bonchev–Trinajstić information content (AvgIpc) is 2.73. The molecule has 2 N–H and O–H groups in total. The predicted octanol–water partition coefficient (Wildman–Crippen LogP) is 1.86. The predicted molar refractivity (Wildman–Crippen MR) is 65.1 cm³/mol. The second kappa shape index (κ2) is 5.14. The number of aliphatic imine (C=N–C) groups is 1. The Hall–Kier alpha value is -1.32. The molecule has 1 aromatic rings. The van der Waals surface area contributed by atoms with Gasteiger partial charge in [0, 0.05) is 24.7 Å². The van der Waals surface area contributed by atoms with Gasteiger partial charge in [-0.25, -0.2) is 0 Å². The van der Waals surface area contributed by atoms with E-state index in [1.165, 1.54) is 32.1 Å². The molecular weight excluding hydrogens is 200 g/mol. The third-order valence-corrected chi connectivity index (χ3v) is 3.23. The third kappa shape index (κ3) is 2.84. The van der Waals surface area contributed by atoms with Gasteiger partial charge in [-0.05, 0) is 12.8 Å². The lowest BCUT2D eigenvalue weighted by atomic mass is 9.88. The van der Waals surface area contributed by atoms with Crippen molar-refractivity contribution >= 4 is 5.84 Å². The fraction of sp³-hybridized carbons (Fsp3) is 0.667. The smallest absolute Gasteiger partial charge is 0.0972 e. The van der Waals surface area contributed by atoms with E-state index in [-0.39, 0.29) is 0 Å². The molecule has 1 aliphatic carbocycles. The molecule has 0 unspecified atom stereocenters. The molecule has 4 heteroatoms. The fourth-order valence-electron chi connectivity index (χ4n) is 2.26. The largest absolute Gasteiger partial charge is 0.387 e. The Morgan fingerprint density at radius 1 is 1.50 bits per heavy atom. The van der Waals surface area contributed by atoms with Gasteiger partial charge in [-0.3, -0.25) is 9.67 Å². The summed E-state index contributed by atoms with van der Waals surface area (Å²) in [6.07, 6.45) is 10.2. The SMILES string of the molecule is Cn1cc(CN=C(N)C2CCCCC2)cn1. The summed E-state index contributed by atoms with van der Waals surface area (Å²) in [6, 6.07) is 0. The lowest BCUT2D eigenvalue weighted by Gasteiger charge is -2.20. The number of amidine groups is 1. The van der Waals surface area contributed by atoms with Gasteiger partial charge in [0.2, 0.25) is 0 Å². The van der Waals surface area contributed by atoms with Crippen molar-refractivity contribution in [2.75, 3.05) is 0 Å². The van der Waals surface area contributed by atoms with Gasteiger partial charge >= 0.3 is 0 Å². The maximum absolute atomic E-state index is 6.03. The van der Waals surface area contributed by atoms with Crippen molar-refractivity contribution in [2.45, 2.75) is 38.6 Å². The van der Waals surface area contributed by atoms with Gasteiger partial charge in [-0.1, -0.05) is 19.3 Å². The quantitative estimate of drug-likeness (QED) is 0.624. The third-order valence-electron chi connectivity index (χ3n) is 3.23. The first-order valence-electron chi connectivity index (χ1n) is 6.03. The van der Waals surface area contributed by atoms with Crippen molar-refractivity contribution < 1.29 is 0 Å². The molecule has 16 heavy (non-hydrogen) atoms. The zero-order valence-electron chi connectivity index (χ0n) is 9.89. The molecule has 1 aliphatic rings. The van der Waals surface area contributed by atoms with Crippen LogP contribution in [0.1, 0.15) is 37.7 Å². The first-order chi connectivity index (χ1) is 7.75. The molecule has 1 heterocycles. The van der Waals surface area contributed by atoms with E-state index in [0.717, 1.165) is 11.4 Å². The first-order valence-corrected chi connectivity index (χ1v) is 6.03. The highest BCUT2D eigenvalue weighted by atomic mass is 15.2. The molecule has 1 fully saturated rings. The first kappa shape index (κ1) is 11.2. The molecule has 0 radical (unpaired) electrons. The van der Waals surface area contributed by atoms with Crippen LogP contribution in [0.15, 0.2) is 17.4 Å². The Kier molecular flexibility index (Phi) is 3.59. The molecule has 0 aromatic carbocycles. The number of rotatable bonds is 3. The van der Waals surface area contributed by atoms with Crippen LogP contribution in [-0.2, 0) is 13.6 Å². The molecule has 0 atom stereocenters. The second-order valence-corrected chi connectivity index (χ2v) is 4.60. The van der Waals surface area contributed by atoms with Gasteiger partial charge in [0.25, 0.3) is 0 Å². The molecular formula is C12H20N4. The van der Waals surface area contributed by atoms with E-state index in [2.05, 4.69) is 10.1 Å².